The Labute approximate surface area is 66.9 Å². The second-order valence-corrected chi connectivity index (χ2v) is 3.29. The maximum Gasteiger partial charge on any atom is 0.187 e. The molecule has 2 nitrogen and oxygen atoms in total. The van der Waals surface area contributed by atoms with Crippen molar-refractivity contribution in [3.05, 3.63) is 22.1 Å². The number of hydrogen-bond acceptors (Lipinski definition) is 1. The summed E-state index contributed by atoms with van der Waals surface area (Å²) in [5.41, 5.74) is 0. The highest BCUT2D eigenvalue weighted by atomic mass is 35.5. The summed E-state index contributed by atoms with van der Waals surface area (Å²) in [6.45, 7) is 0. The van der Waals surface area contributed by atoms with Crippen LogP contribution in [0.1, 0.15) is 12.8 Å². The van der Waals surface area contributed by atoms with Crippen molar-refractivity contribution in [2.24, 2.45) is 0 Å². The molecule has 0 amide bonds. The largest absolute Gasteiger partial charge is 0.302 e. The van der Waals surface area contributed by atoms with Crippen LogP contribution in [-0.2, 0) is 11.1 Å². The van der Waals surface area contributed by atoms with Gasteiger partial charge in [-0.1, -0.05) is 23.8 Å². The van der Waals surface area contributed by atoms with Gasteiger partial charge in [0, 0.05) is 0 Å². The number of allylic oxidation sites excluding steroid dienone is 3. The van der Waals surface area contributed by atoms with E-state index < -0.39 is 11.1 Å². The summed E-state index contributed by atoms with van der Waals surface area (Å²) in [6, 6.07) is 0. The quantitative estimate of drug-likeness (QED) is 0.624. The molecule has 1 N–H and O–H groups in total. The highest BCUT2D eigenvalue weighted by molar-refractivity contribution is 7.83. The van der Waals surface area contributed by atoms with Gasteiger partial charge in [-0.3, -0.25) is 0 Å². The monoisotopic (exact) mass is 178 g/mol. The third kappa shape index (κ3) is 1.68. The minimum absolute atomic E-state index is 0.341. The van der Waals surface area contributed by atoms with E-state index in [0.717, 1.165) is 12.8 Å². The van der Waals surface area contributed by atoms with Gasteiger partial charge in [0.15, 0.2) is 11.1 Å². The van der Waals surface area contributed by atoms with Gasteiger partial charge in [0.25, 0.3) is 0 Å². The van der Waals surface area contributed by atoms with Crippen molar-refractivity contribution < 1.29 is 8.76 Å². The Hall–Kier alpha value is -0.120. The Balaban J connectivity index is 2.84. The molecular formula is C6H7ClO2S. The fourth-order valence-electron chi connectivity index (χ4n) is 0.777. The Morgan fingerprint density at radius 1 is 1.50 bits per heavy atom. The molecule has 1 aliphatic rings. The molecule has 1 rings (SSSR count). The summed E-state index contributed by atoms with van der Waals surface area (Å²) in [5.74, 6) is 0. The summed E-state index contributed by atoms with van der Waals surface area (Å²) < 4.78 is 19.1. The van der Waals surface area contributed by atoms with Gasteiger partial charge in [-0.05, 0) is 12.8 Å². The standard InChI is InChI=1S/C6H7ClO2S/c7-5-3-1-2-4-6(5)10(8)9/h3-4H,1-2H2,(H,8,9). The van der Waals surface area contributed by atoms with Crippen molar-refractivity contribution in [1.29, 1.82) is 0 Å². The second kappa shape index (κ2) is 3.32. The first-order chi connectivity index (χ1) is 4.72. The zero-order chi connectivity index (χ0) is 7.56. The Kier molecular flexibility index (Phi) is 2.65. The lowest BCUT2D eigenvalue weighted by Crippen LogP contribution is -1.96. The van der Waals surface area contributed by atoms with Crippen LogP contribution in [-0.4, -0.2) is 8.76 Å². The van der Waals surface area contributed by atoms with Gasteiger partial charge in [-0.15, -0.1) is 0 Å². The maximum atomic E-state index is 10.5. The molecule has 0 heterocycles. The lowest BCUT2D eigenvalue weighted by atomic mass is 10.2. The lowest BCUT2D eigenvalue weighted by Gasteiger charge is -2.05. The van der Waals surface area contributed by atoms with Gasteiger partial charge >= 0.3 is 0 Å². The van der Waals surface area contributed by atoms with Gasteiger partial charge in [-0.2, -0.15) is 0 Å². The third-order valence-electron chi connectivity index (χ3n) is 1.24. The highest BCUT2D eigenvalue weighted by Crippen LogP contribution is 2.23. The van der Waals surface area contributed by atoms with Crippen LogP contribution >= 0.6 is 11.6 Å². The molecule has 0 spiro atoms. The predicted molar refractivity (Wildman–Crippen MR) is 42.0 cm³/mol. The van der Waals surface area contributed by atoms with Crippen molar-refractivity contribution in [2.75, 3.05) is 0 Å². The van der Waals surface area contributed by atoms with Crippen molar-refractivity contribution in [3.63, 3.8) is 0 Å². The van der Waals surface area contributed by atoms with Gasteiger partial charge in [-0.25, -0.2) is 4.21 Å². The van der Waals surface area contributed by atoms with Crippen LogP contribution < -0.4 is 0 Å². The van der Waals surface area contributed by atoms with Crippen LogP contribution in [0.2, 0.25) is 0 Å². The highest BCUT2D eigenvalue weighted by Gasteiger charge is 2.10. The summed E-state index contributed by atoms with van der Waals surface area (Å²) in [4.78, 5) is 0.341. The van der Waals surface area contributed by atoms with Crippen LogP contribution in [0.5, 0.6) is 0 Å². The van der Waals surface area contributed by atoms with Crippen LogP contribution in [0.3, 0.4) is 0 Å². The average Bonchev–Trinajstić information content (AvgIpc) is 1.88. The van der Waals surface area contributed by atoms with E-state index in [0.29, 0.717) is 9.94 Å². The summed E-state index contributed by atoms with van der Waals surface area (Å²) in [7, 11) is 0. The molecule has 0 saturated carbocycles. The zero-order valence-corrected chi connectivity index (χ0v) is 6.78. The molecule has 0 aliphatic heterocycles. The van der Waals surface area contributed by atoms with E-state index in [4.69, 9.17) is 16.2 Å². The Morgan fingerprint density at radius 3 is 2.50 bits per heavy atom. The number of hydrogen-bond donors (Lipinski definition) is 1. The SMILES string of the molecule is O=S(O)C1=CCCC=C1Cl. The molecular weight excluding hydrogens is 172 g/mol. The van der Waals surface area contributed by atoms with Crippen molar-refractivity contribution in [3.8, 4) is 0 Å². The Bertz CT molecular complexity index is 220. The molecule has 1 unspecified atom stereocenters. The number of halogens is 1. The Morgan fingerprint density at radius 2 is 2.10 bits per heavy atom. The van der Waals surface area contributed by atoms with Crippen molar-refractivity contribution in [2.45, 2.75) is 12.8 Å². The molecule has 0 aromatic rings. The zero-order valence-electron chi connectivity index (χ0n) is 5.21. The van der Waals surface area contributed by atoms with E-state index in [9.17, 15) is 4.21 Å². The molecule has 0 aromatic carbocycles. The lowest BCUT2D eigenvalue weighted by molar-refractivity contribution is 0.571. The smallest absolute Gasteiger partial charge is 0.187 e. The van der Waals surface area contributed by atoms with Gasteiger partial charge in [0.1, 0.15) is 0 Å². The van der Waals surface area contributed by atoms with E-state index in [1.807, 2.05) is 0 Å². The fraction of sp³-hybridized carbons (Fsp3) is 0.333. The number of rotatable bonds is 1. The van der Waals surface area contributed by atoms with Gasteiger partial charge < -0.3 is 4.55 Å². The van der Waals surface area contributed by atoms with Crippen molar-refractivity contribution in [1.82, 2.24) is 0 Å². The van der Waals surface area contributed by atoms with E-state index >= 15 is 0 Å². The van der Waals surface area contributed by atoms with Crippen LogP contribution in [0.4, 0.5) is 0 Å². The molecule has 0 bridgehead atoms. The summed E-state index contributed by atoms with van der Waals surface area (Å²) in [5, 5.41) is 0.409. The third-order valence-corrected chi connectivity index (χ3v) is 2.48. The first-order valence-electron chi connectivity index (χ1n) is 2.89. The van der Waals surface area contributed by atoms with E-state index in [1.165, 1.54) is 0 Å². The van der Waals surface area contributed by atoms with E-state index in [1.54, 1.807) is 12.2 Å². The molecule has 1 aliphatic carbocycles. The summed E-state index contributed by atoms with van der Waals surface area (Å²) in [6.07, 6.45) is 5.11. The first kappa shape index (κ1) is 7.98. The topological polar surface area (TPSA) is 37.3 Å². The molecule has 56 valence electrons. The van der Waals surface area contributed by atoms with E-state index in [2.05, 4.69) is 0 Å². The van der Waals surface area contributed by atoms with Gasteiger partial charge in [0.05, 0.1) is 9.94 Å². The fourth-order valence-corrected chi connectivity index (χ4v) is 1.67. The van der Waals surface area contributed by atoms with Crippen molar-refractivity contribution >= 4 is 22.7 Å². The molecule has 0 fully saturated rings. The molecule has 10 heavy (non-hydrogen) atoms. The first-order valence-corrected chi connectivity index (χ1v) is 4.37. The molecule has 1 atom stereocenters. The normalized spacial score (nSPS) is 21.4. The molecule has 0 aromatic heterocycles. The molecule has 0 radical (unpaired) electrons. The van der Waals surface area contributed by atoms with Crippen LogP contribution in [0.25, 0.3) is 0 Å². The molecule has 4 heteroatoms. The minimum Gasteiger partial charge on any atom is -0.302 e. The van der Waals surface area contributed by atoms with Crippen LogP contribution in [0.15, 0.2) is 22.1 Å². The van der Waals surface area contributed by atoms with Crippen LogP contribution in [0, 0.1) is 0 Å². The molecule has 0 saturated heterocycles. The average molecular weight is 179 g/mol. The summed E-state index contributed by atoms with van der Waals surface area (Å²) >= 11 is 3.70. The maximum absolute atomic E-state index is 10.5. The van der Waals surface area contributed by atoms with Gasteiger partial charge in [0.2, 0.25) is 0 Å². The minimum atomic E-state index is -1.92. The second-order valence-electron chi connectivity index (χ2n) is 1.95. The van der Waals surface area contributed by atoms with E-state index in [-0.39, 0.29) is 0 Å². The predicted octanol–water partition coefficient (Wildman–Crippen LogP) is 2.01.